The quantitative estimate of drug-likeness (QED) is 0.178. The van der Waals surface area contributed by atoms with E-state index in [1.54, 1.807) is 51.9 Å². The van der Waals surface area contributed by atoms with Crippen LogP contribution in [0.4, 0.5) is 18.4 Å². The number of halogens is 3. The number of nitrogens with one attached hydrogen (secondary N) is 2. The maximum absolute atomic E-state index is 15.4. The Morgan fingerprint density at radius 1 is 1.18 bits per heavy atom. The van der Waals surface area contributed by atoms with Gasteiger partial charge in [0, 0.05) is 37.8 Å². The van der Waals surface area contributed by atoms with E-state index in [1.807, 2.05) is 32.9 Å². The van der Waals surface area contributed by atoms with Crippen molar-refractivity contribution in [3.63, 3.8) is 0 Å². The monoisotopic (exact) mass is 798 g/mol. The van der Waals surface area contributed by atoms with Gasteiger partial charge in [-0.25, -0.2) is 14.3 Å². The third-order valence-electron chi connectivity index (χ3n) is 9.03. The molecule has 1 aliphatic heterocycles. The zero-order valence-electron chi connectivity index (χ0n) is 32.8. The van der Waals surface area contributed by atoms with E-state index in [2.05, 4.69) is 25.7 Å². The number of aromatic nitrogens is 2. The summed E-state index contributed by atoms with van der Waals surface area (Å²) >= 11 is 6.51. The standard InChI is InChI=1S/C39H49ClF2N8O6/c1-37(2,3)21-39(26-12-9-23(10-13-26)25-18-44-49(19-25)33(41)42)32(52)50(34(47-39)46-36(54)56-38(4,5)6)30(20-55-35(53)45-27-14-15-27)24-11-16-29(40)28(17-24)31(51)43-22-48(7)8/h9-12,16-19,22,26-27,30,33H,13-15,20-21H2,1-8H3,(H,45,53)(H,46,47,54)/b43-22+/t26?,30-,39-/m1/s1. The van der Waals surface area contributed by atoms with E-state index in [1.165, 1.54) is 35.8 Å². The highest BCUT2D eigenvalue weighted by molar-refractivity contribution is 6.34. The number of nitrogens with zero attached hydrogens (tertiary/aromatic N) is 6. The number of hydrogen-bond acceptors (Lipinski definition) is 7. The summed E-state index contributed by atoms with van der Waals surface area (Å²) in [4.78, 5) is 66.2. The fraction of sp³-hybridized carbons (Fsp3) is 0.513. The Hall–Kier alpha value is -5.12. The van der Waals surface area contributed by atoms with Crippen molar-refractivity contribution >= 4 is 53.5 Å². The van der Waals surface area contributed by atoms with E-state index in [9.17, 15) is 23.2 Å². The number of allylic oxidation sites excluding steroid dienone is 3. The van der Waals surface area contributed by atoms with Crippen LogP contribution < -0.4 is 10.6 Å². The molecule has 0 bridgehead atoms. The van der Waals surface area contributed by atoms with Crippen molar-refractivity contribution in [2.75, 3.05) is 20.7 Å². The topological polar surface area (TPSA) is 160 Å². The summed E-state index contributed by atoms with van der Waals surface area (Å²) < 4.78 is 38.5. The maximum Gasteiger partial charge on any atom is 0.437 e. The largest absolute Gasteiger partial charge is 0.447 e. The SMILES string of the molecule is CN(C)/C=N/C(=O)c1cc([C@@H](COC(=O)NC2CC2)N2C(=O)[C@@](CC(C)(C)C)(C3C=CC(c4cnn(C(F)F)c4)=CC3)N/C2=N\C(=O)OC(C)(C)C)ccc1Cl. The fourth-order valence-corrected chi connectivity index (χ4v) is 6.76. The number of benzene rings is 1. The fourth-order valence-electron chi connectivity index (χ4n) is 6.56. The van der Waals surface area contributed by atoms with E-state index in [0.29, 0.717) is 27.8 Å². The summed E-state index contributed by atoms with van der Waals surface area (Å²) in [6.45, 7) is 7.75. The molecule has 2 aromatic rings. The normalized spacial score (nSPS) is 21.3. The minimum Gasteiger partial charge on any atom is -0.447 e. The molecule has 1 saturated carbocycles. The van der Waals surface area contributed by atoms with Crippen molar-refractivity contribution in [1.29, 1.82) is 0 Å². The van der Waals surface area contributed by atoms with Gasteiger partial charge in [0.25, 0.3) is 11.8 Å². The van der Waals surface area contributed by atoms with Gasteiger partial charge in [-0.05, 0) is 75.1 Å². The molecule has 1 aromatic heterocycles. The van der Waals surface area contributed by atoms with Crippen LogP contribution in [0.25, 0.3) is 5.57 Å². The van der Waals surface area contributed by atoms with Gasteiger partial charge >= 0.3 is 18.7 Å². The Morgan fingerprint density at radius 3 is 2.46 bits per heavy atom. The summed E-state index contributed by atoms with van der Waals surface area (Å²) in [5.74, 6) is -1.84. The number of rotatable bonds is 11. The number of amides is 4. The third kappa shape index (κ3) is 10.4. The van der Waals surface area contributed by atoms with Crippen molar-refractivity contribution in [2.45, 2.75) is 97.0 Å². The first-order valence-electron chi connectivity index (χ1n) is 18.3. The molecule has 2 aliphatic carbocycles. The number of hydrogen-bond donors (Lipinski definition) is 2. The van der Waals surface area contributed by atoms with Crippen LogP contribution in [0.1, 0.15) is 101 Å². The summed E-state index contributed by atoms with van der Waals surface area (Å²) in [6.07, 6.45) is 9.83. The number of carbonyl (C=O) groups excluding carboxylic acids is 4. The smallest absolute Gasteiger partial charge is 0.437 e. The number of alkyl carbamates (subject to hydrolysis) is 1. The Balaban J connectivity index is 1.63. The minimum absolute atomic E-state index is 0.0187. The lowest BCUT2D eigenvalue weighted by Crippen LogP contribution is -2.55. The summed E-state index contributed by atoms with van der Waals surface area (Å²) in [6, 6.07) is 3.40. The molecule has 14 nitrogen and oxygen atoms in total. The zero-order chi connectivity index (χ0) is 41.2. The first-order chi connectivity index (χ1) is 26.2. The second-order valence-corrected chi connectivity index (χ2v) is 17.0. The van der Waals surface area contributed by atoms with Gasteiger partial charge in [-0.15, -0.1) is 4.99 Å². The first kappa shape index (κ1) is 42.0. The highest BCUT2D eigenvalue weighted by Gasteiger charge is 2.57. The van der Waals surface area contributed by atoms with Crippen LogP contribution in [0, 0.1) is 11.3 Å². The van der Waals surface area contributed by atoms with E-state index in [4.69, 9.17) is 21.1 Å². The van der Waals surface area contributed by atoms with E-state index >= 15 is 4.79 Å². The summed E-state index contributed by atoms with van der Waals surface area (Å²) in [5.41, 5.74) is -1.34. The van der Waals surface area contributed by atoms with Crippen LogP contribution >= 0.6 is 11.6 Å². The van der Waals surface area contributed by atoms with Gasteiger partial charge in [-0.3, -0.25) is 14.5 Å². The summed E-state index contributed by atoms with van der Waals surface area (Å²) in [7, 11) is 3.41. The molecule has 3 aliphatic rings. The van der Waals surface area contributed by atoms with Crippen LogP contribution in [0.5, 0.6) is 0 Å². The van der Waals surface area contributed by atoms with Crippen LogP contribution in [-0.4, -0.2) is 93.8 Å². The summed E-state index contributed by atoms with van der Waals surface area (Å²) in [5, 5.41) is 9.96. The Kier molecular flexibility index (Phi) is 12.4. The molecule has 0 radical (unpaired) electrons. The zero-order valence-corrected chi connectivity index (χ0v) is 33.6. The molecule has 2 heterocycles. The predicted molar refractivity (Wildman–Crippen MR) is 207 cm³/mol. The average molecular weight is 799 g/mol. The number of alkyl halides is 2. The lowest BCUT2D eigenvalue weighted by atomic mass is 9.70. The molecular weight excluding hydrogens is 750 g/mol. The van der Waals surface area contributed by atoms with Crippen molar-refractivity contribution in [3.8, 4) is 0 Å². The Morgan fingerprint density at radius 2 is 1.89 bits per heavy atom. The molecule has 56 heavy (non-hydrogen) atoms. The number of guanidine groups is 1. The predicted octanol–water partition coefficient (Wildman–Crippen LogP) is 7.15. The van der Waals surface area contributed by atoms with Gasteiger partial charge in [-0.2, -0.15) is 18.9 Å². The van der Waals surface area contributed by atoms with Crippen molar-refractivity contribution in [3.05, 3.63) is 70.5 Å². The average Bonchev–Trinajstić information content (AvgIpc) is 3.68. The molecule has 17 heteroatoms. The van der Waals surface area contributed by atoms with Crippen molar-refractivity contribution in [1.82, 2.24) is 30.2 Å². The maximum atomic E-state index is 15.4. The second kappa shape index (κ2) is 16.5. The molecule has 1 saturated heterocycles. The number of aliphatic imine (C=N–C) groups is 2. The van der Waals surface area contributed by atoms with Crippen molar-refractivity contribution in [2.24, 2.45) is 21.3 Å². The number of ether oxygens (including phenoxy) is 2. The van der Waals surface area contributed by atoms with Crippen molar-refractivity contribution < 1.29 is 37.4 Å². The highest BCUT2D eigenvalue weighted by Crippen LogP contribution is 2.44. The molecule has 302 valence electrons. The van der Waals surface area contributed by atoms with E-state index in [-0.39, 0.29) is 29.0 Å². The molecule has 2 N–H and O–H groups in total. The van der Waals surface area contributed by atoms with Gasteiger partial charge in [0.05, 0.1) is 29.2 Å². The van der Waals surface area contributed by atoms with Crippen LogP contribution in [0.15, 0.2) is 58.8 Å². The first-order valence-corrected chi connectivity index (χ1v) is 18.7. The lowest BCUT2D eigenvalue weighted by Gasteiger charge is -2.39. The van der Waals surface area contributed by atoms with Crippen LogP contribution in [0.2, 0.25) is 5.02 Å². The minimum atomic E-state index is -2.80. The molecule has 3 atom stereocenters. The molecule has 4 amide bonds. The third-order valence-corrected chi connectivity index (χ3v) is 9.36. The lowest BCUT2D eigenvalue weighted by molar-refractivity contribution is -0.136. The molecule has 1 aromatic carbocycles. The highest BCUT2D eigenvalue weighted by atomic mass is 35.5. The molecule has 0 spiro atoms. The second-order valence-electron chi connectivity index (χ2n) is 16.6. The van der Waals surface area contributed by atoms with Crippen LogP contribution in [0.3, 0.4) is 0 Å². The van der Waals surface area contributed by atoms with E-state index < -0.39 is 65.7 Å². The van der Waals surface area contributed by atoms with E-state index in [0.717, 1.165) is 12.8 Å². The Labute approximate surface area is 330 Å². The van der Waals surface area contributed by atoms with Gasteiger partial charge in [0.2, 0.25) is 5.96 Å². The van der Waals surface area contributed by atoms with Crippen LogP contribution in [-0.2, 0) is 14.3 Å². The molecular formula is C39H49ClF2N8O6. The molecule has 2 fully saturated rings. The van der Waals surface area contributed by atoms with Gasteiger partial charge in [0.1, 0.15) is 17.7 Å². The van der Waals surface area contributed by atoms with Gasteiger partial charge < -0.3 is 25.0 Å². The van der Waals surface area contributed by atoms with Gasteiger partial charge in [-0.1, -0.05) is 56.7 Å². The Bertz CT molecular complexity index is 1960. The number of carbonyl (C=O) groups is 4. The molecule has 5 rings (SSSR count). The molecule has 1 unspecified atom stereocenters. The van der Waals surface area contributed by atoms with Gasteiger partial charge in [0.15, 0.2) is 0 Å².